The summed E-state index contributed by atoms with van der Waals surface area (Å²) in [6.45, 7) is 3.65. The zero-order chi connectivity index (χ0) is 17.6. The molecule has 1 saturated heterocycles. The van der Waals surface area contributed by atoms with Gasteiger partial charge in [-0.05, 0) is 38.4 Å². The normalized spacial score (nSPS) is 18.2. The Morgan fingerprint density at radius 3 is 2.88 bits per heavy atom. The van der Waals surface area contributed by atoms with Crippen LogP contribution >= 0.6 is 11.3 Å². The molecule has 1 aliphatic heterocycles. The first-order valence-corrected chi connectivity index (χ1v) is 9.62. The lowest BCUT2D eigenvalue weighted by molar-refractivity contribution is -0.127. The third-order valence-electron chi connectivity index (χ3n) is 4.38. The SMILES string of the molecule is CCNC(=O)CNC(=O)CN1CCCC[C@@H]1c1nc2ccccc2s1. The van der Waals surface area contributed by atoms with Crippen LogP contribution in [0.3, 0.4) is 0 Å². The van der Waals surface area contributed by atoms with Gasteiger partial charge in [-0.15, -0.1) is 11.3 Å². The molecule has 2 heterocycles. The van der Waals surface area contributed by atoms with Crippen LogP contribution in [-0.2, 0) is 9.59 Å². The van der Waals surface area contributed by atoms with Crippen molar-refractivity contribution < 1.29 is 9.59 Å². The highest BCUT2D eigenvalue weighted by Crippen LogP contribution is 2.35. The van der Waals surface area contributed by atoms with Gasteiger partial charge in [-0.1, -0.05) is 18.6 Å². The number of likely N-dealkylation sites (N-methyl/N-ethyl adjacent to an activating group) is 1. The van der Waals surface area contributed by atoms with Crippen LogP contribution in [0.25, 0.3) is 10.2 Å². The molecule has 1 aromatic heterocycles. The maximum Gasteiger partial charge on any atom is 0.239 e. The van der Waals surface area contributed by atoms with Gasteiger partial charge >= 0.3 is 0 Å². The van der Waals surface area contributed by atoms with Gasteiger partial charge in [0, 0.05) is 6.54 Å². The molecule has 1 atom stereocenters. The molecule has 1 fully saturated rings. The molecule has 0 aliphatic carbocycles. The minimum atomic E-state index is -0.155. The lowest BCUT2D eigenvalue weighted by Crippen LogP contribution is -2.44. The van der Waals surface area contributed by atoms with E-state index in [0.717, 1.165) is 36.3 Å². The van der Waals surface area contributed by atoms with Gasteiger partial charge in [-0.25, -0.2) is 4.98 Å². The summed E-state index contributed by atoms with van der Waals surface area (Å²) >= 11 is 1.71. The standard InChI is InChI=1S/C18H24N4O2S/c1-2-19-16(23)11-20-17(24)12-22-10-6-5-8-14(22)18-21-13-7-3-4-9-15(13)25-18/h3-4,7,9,14H,2,5-6,8,10-12H2,1H3,(H,19,23)(H,20,24)/t14-/m1/s1. The average Bonchev–Trinajstić information content (AvgIpc) is 3.04. The monoisotopic (exact) mass is 360 g/mol. The molecule has 6 nitrogen and oxygen atoms in total. The molecule has 0 bridgehead atoms. The van der Waals surface area contributed by atoms with Crippen molar-refractivity contribution in [2.24, 2.45) is 0 Å². The summed E-state index contributed by atoms with van der Waals surface area (Å²) in [5, 5.41) is 6.46. The first-order chi connectivity index (χ1) is 12.2. The van der Waals surface area contributed by atoms with Crippen LogP contribution in [0.4, 0.5) is 0 Å². The number of fused-ring (bicyclic) bond motifs is 1. The molecule has 7 heteroatoms. The summed E-state index contributed by atoms with van der Waals surface area (Å²) in [6.07, 6.45) is 3.26. The number of benzene rings is 1. The van der Waals surface area contributed by atoms with Crippen molar-refractivity contribution in [2.45, 2.75) is 32.2 Å². The molecule has 0 spiro atoms. The van der Waals surface area contributed by atoms with Crippen LogP contribution in [0.1, 0.15) is 37.2 Å². The minimum Gasteiger partial charge on any atom is -0.355 e. The smallest absolute Gasteiger partial charge is 0.239 e. The first kappa shape index (κ1) is 17.8. The van der Waals surface area contributed by atoms with Crippen molar-refractivity contribution in [2.75, 3.05) is 26.2 Å². The Kier molecular flexibility index (Phi) is 5.99. The fraction of sp³-hybridized carbons (Fsp3) is 0.500. The van der Waals surface area contributed by atoms with Gasteiger partial charge in [-0.3, -0.25) is 14.5 Å². The number of rotatable bonds is 6. The van der Waals surface area contributed by atoms with E-state index in [4.69, 9.17) is 4.98 Å². The Labute approximate surface area is 151 Å². The van der Waals surface area contributed by atoms with Gasteiger partial charge in [0.25, 0.3) is 0 Å². The highest BCUT2D eigenvalue weighted by molar-refractivity contribution is 7.18. The van der Waals surface area contributed by atoms with E-state index in [1.165, 1.54) is 4.70 Å². The summed E-state index contributed by atoms with van der Waals surface area (Å²) in [6, 6.07) is 8.32. The molecule has 0 radical (unpaired) electrons. The van der Waals surface area contributed by atoms with E-state index in [2.05, 4.69) is 21.6 Å². The minimum absolute atomic E-state index is 0.0340. The van der Waals surface area contributed by atoms with E-state index >= 15 is 0 Å². The van der Waals surface area contributed by atoms with Gasteiger partial charge in [-0.2, -0.15) is 0 Å². The van der Waals surface area contributed by atoms with Crippen LogP contribution in [-0.4, -0.2) is 47.9 Å². The van der Waals surface area contributed by atoms with E-state index in [9.17, 15) is 9.59 Å². The third-order valence-corrected chi connectivity index (χ3v) is 5.51. The number of nitrogens with one attached hydrogen (secondary N) is 2. The van der Waals surface area contributed by atoms with Crippen LogP contribution in [0.2, 0.25) is 0 Å². The number of hydrogen-bond acceptors (Lipinski definition) is 5. The summed E-state index contributed by atoms with van der Waals surface area (Å²) in [5.74, 6) is -0.267. The maximum absolute atomic E-state index is 12.2. The number of hydrogen-bond donors (Lipinski definition) is 2. The summed E-state index contributed by atoms with van der Waals surface area (Å²) in [5.41, 5.74) is 1.02. The van der Waals surface area contributed by atoms with Gasteiger partial charge in [0.15, 0.2) is 0 Å². The molecule has 2 aromatic rings. The average molecular weight is 360 g/mol. The largest absolute Gasteiger partial charge is 0.355 e. The Hall–Kier alpha value is -1.99. The number of para-hydroxylation sites is 1. The second-order valence-electron chi connectivity index (χ2n) is 6.23. The van der Waals surface area contributed by atoms with Gasteiger partial charge in [0.1, 0.15) is 5.01 Å². The molecule has 1 aromatic carbocycles. The second-order valence-corrected chi connectivity index (χ2v) is 7.29. The zero-order valence-corrected chi connectivity index (χ0v) is 15.3. The molecular formula is C18H24N4O2S. The number of amides is 2. The fourth-order valence-electron chi connectivity index (χ4n) is 3.17. The number of carbonyl (C=O) groups excluding carboxylic acids is 2. The van der Waals surface area contributed by atoms with Crippen molar-refractivity contribution in [3.05, 3.63) is 29.3 Å². The molecule has 134 valence electrons. The number of aromatic nitrogens is 1. The lowest BCUT2D eigenvalue weighted by Gasteiger charge is -2.33. The molecule has 0 unspecified atom stereocenters. The second kappa shape index (κ2) is 8.40. The summed E-state index contributed by atoms with van der Waals surface area (Å²) in [7, 11) is 0. The van der Waals surface area contributed by atoms with Gasteiger partial charge in [0.2, 0.25) is 11.8 Å². The Morgan fingerprint density at radius 2 is 2.08 bits per heavy atom. The molecule has 1 aliphatic rings. The van der Waals surface area contributed by atoms with Crippen molar-refractivity contribution in [3.63, 3.8) is 0 Å². The Bertz CT molecular complexity index is 713. The van der Waals surface area contributed by atoms with Crippen molar-refractivity contribution in [3.8, 4) is 0 Å². The quantitative estimate of drug-likeness (QED) is 0.827. The topological polar surface area (TPSA) is 74.3 Å². The third kappa shape index (κ3) is 4.55. The highest BCUT2D eigenvalue weighted by Gasteiger charge is 2.28. The van der Waals surface area contributed by atoms with E-state index in [-0.39, 0.29) is 24.4 Å². The van der Waals surface area contributed by atoms with Crippen molar-refractivity contribution >= 4 is 33.4 Å². The lowest BCUT2D eigenvalue weighted by atomic mass is 10.0. The highest BCUT2D eigenvalue weighted by atomic mass is 32.1. The Morgan fingerprint density at radius 1 is 1.24 bits per heavy atom. The van der Waals surface area contributed by atoms with Gasteiger partial charge < -0.3 is 10.6 Å². The number of carbonyl (C=O) groups is 2. The summed E-state index contributed by atoms with van der Waals surface area (Å²) < 4.78 is 1.18. The fourth-order valence-corrected chi connectivity index (χ4v) is 4.31. The Balaban J connectivity index is 1.64. The van der Waals surface area contributed by atoms with Crippen molar-refractivity contribution in [1.29, 1.82) is 0 Å². The molecule has 2 N–H and O–H groups in total. The summed E-state index contributed by atoms with van der Waals surface area (Å²) in [4.78, 5) is 30.7. The number of nitrogens with zero attached hydrogens (tertiary/aromatic N) is 2. The maximum atomic E-state index is 12.2. The molecule has 2 amide bonds. The van der Waals surface area contributed by atoms with E-state index in [1.807, 2.05) is 25.1 Å². The molecule has 25 heavy (non-hydrogen) atoms. The first-order valence-electron chi connectivity index (χ1n) is 8.80. The number of thiazole rings is 1. The van der Waals surface area contributed by atoms with Crippen LogP contribution in [0.15, 0.2) is 24.3 Å². The van der Waals surface area contributed by atoms with Crippen LogP contribution in [0, 0.1) is 0 Å². The molecule has 3 rings (SSSR count). The number of likely N-dealkylation sites (tertiary alicyclic amines) is 1. The van der Waals surface area contributed by atoms with E-state index in [1.54, 1.807) is 11.3 Å². The zero-order valence-electron chi connectivity index (χ0n) is 14.5. The van der Waals surface area contributed by atoms with Crippen LogP contribution < -0.4 is 10.6 Å². The van der Waals surface area contributed by atoms with Gasteiger partial charge in [0.05, 0.1) is 29.3 Å². The molecular weight excluding hydrogens is 336 g/mol. The van der Waals surface area contributed by atoms with E-state index in [0.29, 0.717) is 13.1 Å². The van der Waals surface area contributed by atoms with E-state index < -0.39 is 0 Å². The van der Waals surface area contributed by atoms with Crippen LogP contribution in [0.5, 0.6) is 0 Å². The predicted octanol–water partition coefficient (Wildman–Crippen LogP) is 2.08. The molecule has 0 saturated carbocycles. The number of piperidine rings is 1. The van der Waals surface area contributed by atoms with Crippen molar-refractivity contribution in [1.82, 2.24) is 20.5 Å². The predicted molar refractivity (Wildman–Crippen MR) is 99.5 cm³/mol.